The third-order valence-corrected chi connectivity index (χ3v) is 1.87. The van der Waals surface area contributed by atoms with Gasteiger partial charge in [-0.25, -0.2) is 0 Å². The minimum absolute atomic E-state index is 0.0742. The van der Waals surface area contributed by atoms with Gasteiger partial charge in [-0.3, -0.25) is 9.59 Å². The molecule has 68 valence electrons. The van der Waals surface area contributed by atoms with Crippen molar-refractivity contribution in [3.8, 4) is 0 Å². The number of hydrogen-bond acceptors (Lipinski definition) is 3. The van der Waals surface area contributed by atoms with Crippen LogP contribution in [0, 0.1) is 0 Å². The second-order valence-corrected chi connectivity index (χ2v) is 2.86. The van der Waals surface area contributed by atoms with Crippen LogP contribution < -0.4 is 0 Å². The molecule has 1 atom stereocenters. The van der Waals surface area contributed by atoms with E-state index in [1.165, 1.54) is 0 Å². The maximum absolute atomic E-state index is 11.2. The van der Waals surface area contributed by atoms with Gasteiger partial charge in [-0.2, -0.15) is 0 Å². The van der Waals surface area contributed by atoms with E-state index >= 15 is 0 Å². The first-order chi connectivity index (χ1) is 5.70. The molecule has 4 nitrogen and oxygen atoms in total. The van der Waals surface area contributed by atoms with E-state index in [0.29, 0.717) is 6.61 Å². The van der Waals surface area contributed by atoms with Crippen LogP contribution in [0.1, 0.15) is 25.7 Å². The Hall–Kier alpha value is -0.900. The second kappa shape index (κ2) is 4.21. The molecule has 0 aromatic heterocycles. The number of carbonyl (C=O) groups excluding carboxylic acids is 1. The summed E-state index contributed by atoms with van der Waals surface area (Å²) in [6, 6.07) is 0. The average Bonchev–Trinajstić information content (AvgIpc) is 2.51. The van der Waals surface area contributed by atoms with E-state index < -0.39 is 5.97 Å². The molecule has 0 radical (unpaired) electrons. The lowest BCUT2D eigenvalue weighted by Gasteiger charge is -2.05. The lowest BCUT2D eigenvalue weighted by molar-refractivity contribution is -0.139. The van der Waals surface area contributed by atoms with Crippen LogP contribution in [0.4, 0.5) is 0 Å². The Labute approximate surface area is 70.5 Å². The molecule has 0 amide bonds. The molecule has 0 aromatic rings. The predicted octanol–water partition coefficient (Wildman–Crippen LogP) is 0.599. The van der Waals surface area contributed by atoms with Gasteiger partial charge in [0.25, 0.3) is 0 Å². The number of ketones is 1. The molecule has 1 rings (SSSR count). The van der Waals surface area contributed by atoms with Crippen molar-refractivity contribution in [1.29, 1.82) is 0 Å². The highest BCUT2D eigenvalue weighted by Gasteiger charge is 2.23. The van der Waals surface area contributed by atoms with Crippen molar-refractivity contribution in [2.75, 3.05) is 6.61 Å². The van der Waals surface area contributed by atoms with E-state index in [4.69, 9.17) is 9.84 Å². The smallest absolute Gasteiger partial charge is 0.303 e. The van der Waals surface area contributed by atoms with Gasteiger partial charge in [0.15, 0.2) is 5.78 Å². The van der Waals surface area contributed by atoms with Gasteiger partial charge >= 0.3 is 5.97 Å². The topological polar surface area (TPSA) is 63.6 Å². The molecule has 1 heterocycles. The molecule has 1 fully saturated rings. The number of carboxylic acid groups (broad SMARTS) is 1. The zero-order chi connectivity index (χ0) is 8.97. The van der Waals surface area contributed by atoms with Crippen LogP contribution in [-0.4, -0.2) is 29.6 Å². The Kier molecular flexibility index (Phi) is 3.22. The molecule has 1 aliphatic rings. The van der Waals surface area contributed by atoms with Gasteiger partial charge in [-0.05, 0) is 12.8 Å². The number of rotatable bonds is 4. The normalized spacial score (nSPS) is 22.5. The number of hydrogen-bond donors (Lipinski definition) is 1. The third kappa shape index (κ3) is 2.62. The van der Waals surface area contributed by atoms with Gasteiger partial charge in [-0.15, -0.1) is 0 Å². The molecule has 4 heteroatoms. The van der Waals surface area contributed by atoms with Crippen LogP contribution in [0.5, 0.6) is 0 Å². The van der Waals surface area contributed by atoms with Crippen molar-refractivity contribution in [3.63, 3.8) is 0 Å². The molecule has 0 aromatic carbocycles. The first-order valence-corrected chi connectivity index (χ1v) is 4.06. The molecule has 0 saturated carbocycles. The van der Waals surface area contributed by atoms with E-state index in [-0.39, 0.29) is 24.7 Å². The summed E-state index contributed by atoms with van der Waals surface area (Å²) in [6.45, 7) is 0.628. The largest absolute Gasteiger partial charge is 0.481 e. The first-order valence-electron chi connectivity index (χ1n) is 4.06. The molecule has 12 heavy (non-hydrogen) atoms. The number of aliphatic carboxylic acids is 1. The Morgan fingerprint density at radius 3 is 2.67 bits per heavy atom. The highest BCUT2D eigenvalue weighted by Crippen LogP contribution is 2.14. The van der Waals surface area contributed by atoms with Crippen molar-refractivity contribution in [2.45, 2.75) is 31.8 Å². The van der Waals surface area contributed by atoms with Crippen molar-refractivity contribution in [2.24, 2.45) is 0 Å². The van der Waals surface area contributed by atoms with Gasteiger partial charge in [0.1, 0.15) is 6.10 Å². The Morgan fingerprint density at radius 2 is 2.17 bits per heavy atom. The molecule has 1 saturated heterocycles. The van der Waals surface area contributed by atoms with Crippen LogP contribution in [0.25, 0.3) is 0 Å². The second-order valence-electron chi connectivity index (χ2n) is 2.86. The monoisotopic (exact) mass is 172 g/mol. The minimum atomic E-state index is -0.929. The highest BCUT2D eigenvalue weighted by molar-refractivity contribution is 5.86. The maximum atomic E-state index is 11.2. The van der Waals surface area contributed by atoms with Crippen LogP contribution in [-0.2, 0) is 14.3 Å². The zero-order valence-corrected chi connectivity index (χ0v) is 6.78. The molecular weight excluding hydrogens is 160 g/mol. The van der Waals surface area contributed by atoms with Gasteiger partial charge in [0.2, 0.25) is 0 Å². The van der Waals surface area contributed by atoms with Crippen LogP contribution in [0.3, 0.4) is 0 Å². The highest BCUT2D eigenvalue weighted by atomic mass is 16.5. The molecule has 0 aliphatic carbocycles. The lowest BCUT2D eigenvalue weighted by Crippen LogP contribution is -2.19. The van der Waals surface area contributed by atoms with E-state index in [2.05, 4.69) is 0 Å². The summed E-state index contributed by atoms with van der Waals surface area (Å²) in [5, 5.41) is 8.31. The van der Waals surface area contributed by atoms with Crippen molar-refractivity contribution in [3.05, 3.63) is 0 Å². The van der Waals surface area contributed by atoms with Gasteiger partial charge in [0.05, 0.1) is 6.42 Å². The van der Waals surface area contributed by atoms with Gasteiger partial charge < -0.3 is 9.84 Å². The van der Waals surface area contributed by atoms with Crippen molar-refractivity contribution >= 4 is 11.8 Å². The zero-order valence-electron chi connectivity index (χ0n) is 6.78. The quantitative estimate of drug-likeness (QED) is 0.674. The number of carboxylic acids is 1. The molecule has 1 aliphatic heterocycles. The molecule has 1 N–H and O–H groups in total. The number of Topliss-reactive ketones (excluding diaryl/α,β-unsaturated/α-hetero) is 1. The summed E-state index contributed by atoms with van der Waals surface area (Å²) >= 11 is 0. The molecule has 0 bridgehead atoms. The van der Waals surface area contributed by atoms with Crippen LogP contribution in [0.15, 0.2) is 0 Å². The molecule has 1 unspecified atom stereocenters. The summed E-state index contributed by atoms with van der Waals surface area (Å²) in [7, 11) is 0. The lowest BCUT2D eigenvalue weighted by atomic mass is 10.1. The van der Waals surface area contributed by atoms with Crippen LogP contribution >= 0.6 is 0 Å². The average molecular weight is 172 g/mol. The van der Waals surface area contributed by atoms with Crippen molar-refractivity contribution < 1.29 is 19.4 Å². The van der Waals surface area contributed by atoms with Gasteiger partial charge in [0, 0.05) is 13.0 Å². The summed E-state index contributed by atoms with van der Waals surface area (Å²) in [5.41, 5.74) is 0. The number of ether oxygens (including phenoxy) is 1. The summed E-state index contributed by atoms with van der Waals surface area (Å²) in [5.74, 6) is -1.00. The molecular formula is C8H12O4. The Balaban J connectivity index is 2.23. The Morgan fingerprint density at radius 1 is 1.42 bits per heavy atom. The van der Waals surface area contributed by atoms with Gasteiger partial charge in [-0.1, -0.05) is 0 Å². The first kappa shape index (κ1) is 9.19. The van der Waals surface area contributed by atoms with Crippen molar-refractivity contribution in [1.82, 2.24) is 0 Å². The predicted molar refractivity (Wildman–Crippen MR) is 40.9 cm³/mol. The fourth-order valence-electron chi connectivity index (χ4n) is 1.22. The standard InChI is InChI=1S/C8H12O4/c9-6(3-4-8(10)11)7-2-1-5-12-7/h7H,1-5H2,(H,10,11). The van der Waals surface area contributed by atoms with E-state index in [1.807, 2.05) is 0 Å². The van der Waals surface area contributed by atoms with Crippen LogP contribution in [0.2, 0.25) is 0 Å². The minimum Gasteiger partial charge on any atom is -0.481 e. The van der Waals surface area contributed by atoms with E-state index in [9.17, 15) is 9.59 Å². The summed E-state index contributed by atoms with van der Waals surface area (Å²) in [6.07, 6.45) is 1.34. The summed E-state index contributed by atoms with van der Waals surface area (Å²) < 4.78 is 5.10. The Bertz CT molecular complexity index is 181. The van der Waals surface area contributed by atoms with E-state index in [0.717, 1.165) is 12.8 Å². The van der Waals surface area contributed by atoms with E-state index in [1.54, 1.807) is 0 Å². The molecule has 0 spiro atoms. The fraction of sp³-hybridized carbons (Fsp3) is 0.750. The maximum Gasteiger partial charge on any atom is 0.303 e. The number of carbonyl (C=O) groups is 2. The SMILES string of the molecule is O=C(O)CCC(=O)C1CCCO1. The fourth-order valence-corrected chi connectivity index (χ4v) is 1.22. The summed E-state index contributed by atoms with van der Waals surface area (Å²) in [4.78, 5) is 21.3. The third-order valence-electron chi connectivity index (χ3n) is 1.87.